The molecular weight excluding hydrogens is 565 g/mol. The summed E-state index contributed by atoms with van der Waals surface area (Å²) in [5.74, 6) is -1.82. The third kappa shape index (κ3) is 7.28. The van der Waals surface area contributed by atoms with Crippen LogP contribution >= 0.6 is 24.2 Å². The number of carbonyl (C=O) groups is 2. The van der Waals surface area contributed by atoms with Crippen molar-refractivity contribution in [3.05, 3.63) is 106 Å². The van der Waals surface area contributed by atoms with Crippen LogP contribution in [-0.2, 0) is 30.7 Å². The smallest absolute Gasteiger partial charge is 0.336 e. The summed E-state index contributed by atoms with van der Waals surface area (Å²) in [5, 5.41) is 12.5. The first-order chi connectivity index (χ1) is 19.7. The predicted octanol–water partition coefficient (Wildman–Crippen LogP) is 6.21. The zero-order valence-electron chi connectivity index (χ0n) is 22.7. The fourth-order valence-electron chi connectivity index (χ4n) is 4.55. The van der Waals surface area contributed by atoms with E-state index >= 15 is 4.39 Å². The molecule has 1 amide bonds. The van der Waals surface area contributed by atoms with Crippen LogP contribution in [0.15, 0.2) is 66.7 Å². The predicted molar refractivity (Wildman–Crippen MR) is 160 cm³/mol. The molecule has 10 heteroatoms. The van der Waals surface area contributed by atoms with E-state index in [-0.39, 0.29) is 24.6 Å². The number of carboxylic acids is 1. The van der Waals surface area contributed by atoms with Gasteiger partial charge in [0.15, 0.2) is 0 Å². The molecule has 0 radical (unpaired) electrons. The number of nitrogens with zero attached hydrogens (tertiary/aromatic N) is 2. The van der Waals surface area contributed by atoms with Gasteiger partial charge in [-0.05, 0) is 60.7 Å². The molecule has 4 aromatic rings. The zero-order chi connectivity index (χ0) is 29.5. The first-order valence-corrected chi connectivity index (χ1v) is 14.1. The Morgan fingerprint density at radius 1 is 1.12 bits per heavy atom. The number of aryl methyl sites for hydroxylation is 1. The van der Waals surface area contributed by atoms with E-state index in [1.54, 1.807) is 47.0 Å². The van der Waals surface area contributed by atoms with Crippen molar-refractivity contribution in [3.63, 3.8) is 0 Å². The van der Waals surface area contributed by atoms with Crippen molar-refractivity contribution in [3.8, 4) is 17.1 Å². The van der Waals surface area contributed by atoms with Gasteiger partial charge in [-0.3, -0.25) is 9.36 Å². The average molecular weight is 596 g/mol. The molecule has 2 N–H and O–H groups in total. The number of thiol groups is 1. The normalized spacial score (nSPS) is 11.7. The second kappa shape index (κ2) is 13.7. The van der Waals surface area contributed by atoms with E-state index in [1.807, 2.05) is 26.0 Å². The number of ether oxygens (including phenoxy) is 1. The first-order valence-electron chi connectivity index (χ1n) is 13.2. The quantitative estimate of drug-likeness (QED) is 0.169. The number of aromatic nitrogens is 2. The Balaban J connectivity index is 1.57. The van der Waals surface area contributed by atoms with Gasteiger partial charge in [-0.25, -0.2) is 9.18 Å². The average Bonchev–Trinajstić information content (AvgIpc) is 3.29. The molecule has 1 heterocycles. The highest BCUT2D eigenvalue weighted by molar-refractivity contribution is 7.81. The minimum absolute atomic E-state index is 0.0945. The highest BCUT2D eigenvalue weighted by Gasteiger charge is 2.22. The Morgan fingerprint density at radius 2 is 1.85 bits per heavy atom. The lowest BCUT2D eigenvalue weighted by atomic mass is 9.98. The molecule has 214 valence electrons. The van der Waals surface area contributed by atoms with Gasteiger partial charge in [-0.2, -0.15) is 17.6 Å². The number of halogens is 2. The van der Waals surface area contributed by atoms with Gasteiger partial charge in [0.2, 0.25) is 5.91 Å². The fraction of sp³-hybridized carbons (Fsp3) is 0.258. The van der Waals surface area contributed by atoms with Crippen molar-refractivity contribution < 1.29 is 23.8 Å². The van der Waals surface area contributed by atoms with E-state index in [1.165, 1.54) is 12.1 Å². The molecule has 0 saturated carbocycles. The van der Waals surface area contributed by atoms with Crippen LogP contribution in [0.5, 0.6) is 6.01 Å². The number of carbonyl (C=O) groups excluding carboxylic acids is 1. The van der Waals surface area contributed by atoms with Gasteiger partial charge in [0, 0.05) is 10.6 Å². The number of hydrogen-bond acceptors (Lipinski definition) is 5. The highest BCUT2D eigenvalue weighted by Crippen LogP contribution is 2.28. The van der Waals surface area contributed by atoms with Crippen LogP contribution in [0, 0.1) is 5.82 Å². The van der Waals surface area contributed by atoms with Crippen LogP contribution in [0.2, 0.25) is 5.02 Å². The van der Waals surface area contributed by atoms with Gasteiger partial charge < -0.3 is 15.2 Å². The number of hydrogen-bond donors (Lipinski definition) is 3. The molecule has 1 aromatic heterocycles. The first kappa shape index (κ1) is 30.1. The van der Waals surface area contributed by atoms with Gasteiger partial charge in [-0.1, -0.05) is 61.0 Å². The molecular formula is C31H31ClFN3O4S. The SMILES string of the molecule is CCOc1nc(CC)c(CNC(=O)C(S)Cc2ccc(Cl)cc2)n1Cc1ccc(-c2ccccc2C(=O)O)cc1F. The number of rotatable bonds is 12. The van der Waals surface area contributed by atoms with E-state index in [0.29, 0.717) is 52.9 Å². The fourth-order valence-corrected chi connectivity index (χ4v) is 4.98. The van der Waals surface area contributed by atoms with E-state index in [2.05, 4.69) is 22.9 Å². The Bertz CT molecular complexity index is 1540. The summed E-state index contributed by atoms with van der Waals surface area (Å²) in [6, 6.07) is 18.7. The molecule has 0 fully saturated rings. The van der Waals surface area contributed by atoms with Crippen LogP contribution in [0.1, 0.15) is 46.7 Å². The van der Waals surface area contributed by atoms with Gasteiger partial charge in [0.1, 0.15) is 5.82 Å². The summed E-state index contributed by atoms with van der Waals surface area (Å²) in [6.45, 7) is 4.41. The Hall–Kier alpha value is -3.82. The van der Waals surface area contributed by atoms with Crippen LogP contribution in [0.4, 0.5) is 4.39 Å². The van der Waals surface area contributed by atoms with Crippen molar-refractivity contribution in [1.29, 1.82) is 0 Å². The van der Waals surface area contributed by atoms with Gasteiger partial charge in [0.05, 0.1) is 41.9 Å². The molecule has 1 unspecified atom stereocenters. The molecule has 0 aliphatic carbocycles. The summed E-state index contributed by atoms with van der Waals surface area (Å²) < 4.78 is 23.0. The lowest BCUT2D eigenvalue weighted by molar-refractivity contribution is -0.120. The molecule has 1 atom stereocenters. The topological polar surface area (TPSA) is 93.5 Å². The van der Waals surface area contributed by atoms with Crippen molar-refractivity contribution in [1.82, 2.24) is 14.9 Å². The standard InChI is InChI=1S/C31H31ClFN3O4S/c1-3-26-27(17-34-29(37)28(41)15-19-9-13-22(32)14-10-19)36(31(35-26)40-4-2)18-21-12-11-20(16-25(21)33)23-7-5-6-8-24(23)30(38)39/h5-14,16,28,41H,3-4,15,17-18H2,1-2H3,(H,34,37)(H,38,39). The monoisotopic (exact) mass is 595 g/mol. The second-order valence-electron chi connectivity index (χ2n) is 9.38. The van der Waals surface area contributed by atoms with Crippen molar-refractivity contribution in [2.75, 3.05) is 6.61 Å². The molecule has 0 aliphatic heterocycles. The summed E-state index contributed by atoms with van der Waals surface area (Å²) in [5.41, 5.74) is 3.72. The Morgan fingerprint density at radius 3 is 2.51 bits per heavy atom. The van der Waals surface area contributed by atoms with Gasteiger partial charge >= 0.3 is 5.97 Å². The minimum atomic E-state index is -1.08. The number of nitrogens with one attached hydrogen (secondary N) is 1. The maximum absolute atomic E-state index is 15.4. The largest absolute Gasteiger partial charge is 0.478 e. The maximum atomic E-state index is 15.4. The number of carboxylic acid groups (broad SMARTS) is 1. The van der Waals surface area contributed by atoms with Crippen molar-refractivity contribution in [2.24, 2.45) is 0 Å². The molecule has 0 bridgehead atoms. The zero-order valence-corrected chi connectivity index (χ0v) is 24.4. The van der Waals surface area contributed by atoms with E-state index in [4.69, 9.17) is 16.3 Å². The van der Waals surface area contributed by atoms with E-state index in [9.17, 15) is 14.7 Å². The summed E-state index contributed by atoms with van der Waals surface area (Å²) in [6.07, 6.45) is 1.01. The number of imidazole rings is 1. The van der Waals surface area contributed by atoms with Gasteiger partial charge in [-0.15, -0.1) is 0 Å². The number of aromatic carboxylic acids is 1. The van der Waals surface area contributed by atoms with Crippen LogP contribution in [0.3, 0.4) is 0 Å². The third-order valence-corrected chi connectivity index (χ3v) is 7.32. The summed E-state index contributed by atoms with van der Waals surface area (Å²) in [4.78, 5) is 29.2. The van der Waals surface area contributed by atoms with Crippen LogP contribution in [-0.4, -0.2) is 38.4 Å². The van der Waals surface area contributed by atoms with Crippen molar-refractivity contribution >= 4 is 36.1 Å². The lowest BCUT2D eigenvalue weighted by Crippen LogP contribution is -2.33. The van der Waals surface area contributed by atoms with Crippen LogP contribution in [0.25, 0.3) is 11.1 Å². The molecule has 0 aliphatic rings. The third-order valence-electron chi connectivity index (χ3n) is 6.65. The molecule has 4 rings (SSSR count). The maximum Gasteiger partial charge on any atom is 0.336 e. The lowest BCUT2D eigenvalue weighted by Gasteiger charge is -2.16. The molecule has 3 aromatic carbocycles. The molecule has 0 spiro atoms. The summed E-state index contributed by atoms with van der Waals surface area (Å²) in [7, 11) is 0. The molecule has 0 saturated heterocycles. The minimum Gasteiger partial charge on any atom is -0.478 e. The number of benzene rings is 3. The van der Waals surface area contributed by atoms with Crippen LogP contribution < -0.4 is 10.1 Å². The molecule has 7 nitrogen and oxygen atoms in total. The summed E-state index contributed by atoms with van der Waals surface area (Å²) >= 11 is 10.5. The van der Waals surface area contributed by atoms with Gasteiger partial charge in [0.25, 0.3) is 6.01 Å². The molecule has 41 heavy (non-hydrogen) atoms. The Labute approximate surface area is 248 Å². The van der Waals surface area contributed by atoms with E-state index < -0.39 is 17.0 Å². The van der Waals surface area contributed by atoms with Crippen molar-refractivity contribution in [2.45, 2.75) is 45.0 Å². The number of amides is 1. The second-order valence-corrected chi connectivity index (χ2v) is 10.4. The van der Waals surface area contributed by atoms with E-state index in [0.717, 1.165) is 11.3 Å². The highest BCUT2D eigenvalue weighted by atomic mass is 35.5. The Kier molecular flexibility index (Phi) is 10.1.